The molecule has 4 N–H and O–H groups in total. The number of nitrogens with zero attached hydrogens (tertiary/aromatic N) is 1. The van der Waals surface area contributed by atoms with E-state index in [9.17, 15) is 24.5 Å². The van der Waals surface area contributed by atoms with Crippen LogP contribution in [0.3, 0.4) is 0 Å². The molecular formula is C20H22N4O6. The van der Waals surface area contributed by atoms with Gasteiger partial charge in [-0.2, -0.15) is 0 Å². The van der Waals surface area contributed by atoms with Gasteiger partial charge in [-0.25, -0.2) is 4.79 Å². The van der Waals surface area contributed by atoms with Gasteiger partial charge in [-0.05, 0) is 24.1 Å². The Morgan fingerprint density at radius 1 is 1.13 bits per heavy atom. The Labute approximate surface area is 172 Å². The number of hydrogen-bond acceptors (Lipinski definition) is 7. The number of nitrogen functional groups attached to an aromatic ring is 1. The second-order valence-electron chi connectivity index (χ2n) is 6.80. The van der Waals surface area contributed by atoms with Crippen molar-refractivity contribution in [3.63, 3.8) is 0 Å². The molecule has 0 aliphatic heterocycles. The Balaban J connectivity index is 1.99. The van der Waals surface area contributed by atoms with E-state index in [-0.39, 0.29) is 40.0 Å². The molecular weight excluding hydrogens is 392 g/mol. The average Bonchev–Trinajstić information content (AvgIpc) is 2.70. The van der Waals surface area contributed by atoms with Crippen molar-refractivity contribution in [2.45, 2.75) is 13.8 Å². The number of carbonyl (C=O) groups excluding carboxylic acids is 3. The van der Waals surface area contributed by atoms with Crippen molar-refractivity contribution >= 4 is 34.8 Å². The van der Waals surface area contributed by atoms with Crippen molar-refractivity contribution in [3.8, 4) is 0 Å². The van der Waals surface area contributed by atoms with Crippen LogP contribution < -0.4 is 16.4 Å². The van der Waals surface area contributed by atoms with Crippen molar-refractivity contribution in [2.75, 3.05) is 24.2 Å². The fraction of sp³-hybridized carbons (Fsp3) is 0.250. The quantitative estimate of drug-likeness (QED) is 0.259. The molecule has 2 aromatic rings. The fourth-order valence-corrected chi connectivity index (χ4v) is 2.43. The number of benzene rings is 2. The molecule has 10 heteroatoms. The number of nitro benzene ring substituents is 1. The molecule has 0 saturated carbocycles. The molecule has 0 aliphatic rings. The normalized spacial score (nSPS) is 10.4. The lowest BCUT2D eigenvalue weighted by Crippen LogP contribution is -2.29. The lowest BCUT2D eigenvalue weighted by molar-refractivity contribution is -0.384. The molecule has 0 bridgehead atoms. The molecule has 2 rings (SSSR count). The Bertz CT molecular complexity index is 974. The van der Waals surface area contributed by atoms with E-state index >= 15 is 0 Å². The summed E-state index contributed by atoms with van der Waals surface area (Å²) in [6.45, 7) is 3.77. The minimum absolute atomic E-state index is 0.0955. The van der Waals surface area contributed by atoms with Crippen LogP contribution >= 0.6 is 0 Å². The largest absolute Gasteiger partial charge is 0.452 e. The molecule has 30 heavy (non-hydrogen) atoms. The van der Waals surface area contributed by atoms with Crippen LogP contribution in [0.2, 0.25) is 0 Å². The van der Waals surface area contributed by atoms with Crippen LogP contribution in [0.25, 0.3) is 0 Å². The number of non-ortho nitro benzene ring substituents is 1. The number of esters is 1. The topological polar surface area (TPSA) is 154 Å². The number of rotatable bonds is 8. The van der Waals surface area contributed by atoms with Gasteiger partial charge in [0.1, 0.15) is 0 Å². The van der Waals surface area contributed by atoms with Crippen LogP contribution in [0.4, 0.5) is 17.1 Å². The van der Waals surface area contributed by atoms with Gasteiger partial charge in [-0.15, -0.1) is 0 Å². The minimum Gasteiger partial charge on any atom is -0.452 e. The molecule has 10 nitrogen and oxygen atoms in total. The summed E-state index contributed by atoms with van der Waals surface area (Å²) in [5.74, 6) is -1.63. The maximum absolute atomic E-state index is 12.3. The zero-order valence-electron chi connectivity index (χ0n) is 16.5. The molecule has 0 spiro atoms. The summed E-state index contributed by atoms with van der Waals surface area (Å²) in [5, 5.41) is 16.0. The second-order valence-corrected chi connectivity index (χ2v) is 6.80. The van der Waals surface area contributed by atoms with Crippen LogP contribution in [0, 0.1) is 16.0 Å². The first-order chi connectivity index (χ1) is 14.2. The third-order valence-electron chi connectivity index (χ3n) is 3.92. The monoisotopic (exact) mass is 414 g/mol. The average molecular weight is 414 g/mol. The van der Waals surface area contributed by atoms with Gasteiger partial charge in [0, 0.05) is 18.7 Å². The third-order valence-corrected chi connectivity index (χ3v) is 3.92. The fourth-order valence-electron chi connectivity index (χ4n) is 2.43. The number of nitro groups is 1. The van der Waals surface area contributed by atoms with E-state index in [0.29, 0.717) is 6.54 Å². The second kappa shape index (κ2) is 10.0. The highest BCUT2D eigenvalue weighted by atomic mass is 16.6. The van der Waals surface area contributed by atoms with Gasteiger partial charge in [0.25, 0.3) is 17.5 Å². The van der Waals surface area contributed by atoms with E-state index in [1.807, 2.05) is 13.8 Å². The summed E-state index contributed by atoms with van der Waals surface area (Å²) in [6, 6.07) is 9.73. The number of nitrogens with two attached hydrogens (primary N) is 1. The lowest BCUT2D eigenvalue weighted by atomic mass is 10.1. The first kappa shape index (κ1) is 22.3. The first-order valence-electron chi connectivity index (χ1n) is 9.07. The highest BCUT2D eigenvalue weighted by Gasteiger charge is 2.18. The Morgan fingerprint density at radius 2 is 1.83 bits per heavy atom. The van der Waals surface area contributed by atoms with E-state index in [1.54, 1.807) is 24.3 Å². The molecule has 2 amide bonds. The molecule has 0 radical (unpaired) electrons. The van der Waals surface area contributed by atoms with Crippen molar-refractivity contribution in [1.29, 1.82) is 0 Å². The third kappa shape index (κ3) is 6.03. The van der Waals surface area contributed by atoms with Gasteiger partial charge >= 0.3 is 5.97 Å². The number of nitrogens with one attached hydrogen (secondary N) is 2. The number of hydrogen-bond donors (Lipinski definition) is 3. The standard InChI is InChI=1S/C20H22N4O6/c1-12(2)10-22-19(26)15-5-3-4-6-17(15)23-18(25)11-30-20(27)14-8-7-13(24(28)29)9-16(14)21/h3-9,12H,10-11,21H2,1-2H3,(H,22,26)(H,23,25). The zero-order valence-corrected chi connectivity index (χ0v) is 16.5. The lowest BCUT2D eigenvalue weighted by Gasteiger charge is -2.13. The van der Waals surface area contributed by atoms with E-state index in [4.69, 9.17) is 10.5 Å². The summed E-state index contributed by atoms with van der Waals surface area (Å²) in [7, 11) is 0. The first-order valence-corrected chi connectivity index (χ1v) is 9.07. The summed E-state index contributed by atoms with van der Waals surface area (Å²) < 4.78 is 4.92. The van der Waals surface area contributed by atoms with Gasteiger partial charge in [-0.1, -0.05) is 26.0 Å². The predicted octanol–water partition coefficient (Wildman–Crippen LogP) is 2.36. The van der Waals surface area contributed by atoms with Gasteiger partial charge < -0.3 is 21.1 Å². The number of carbonyl (C=O) groups is 3. The SMILES string of the molecule is CC(C)CNC(=O)c1ccccc1NC(=O)COC(=O)c1ccc([N+](=O)[O-])cc1N. The minimum atomic E-state index is -0.902. The molecule has 0 fully saturated rings. The highest BCUT2D eigenvalue weighted by molar-refractivity contribution is 6.04. The highest BCUT2D eigenvalue weighted by Crippen LogP contribution is 2.20. The molecule has 0 unspecified atom stereocenters. The number of amides is 2. The smallest absolute Gasteiger partial charge is 0.340 e. The summed E-state index contributed by atoms with van der Waals surface area (Å²) in [4.78, 5) is 46.7. The van der Waals surface area contributed by atoms with Crippen molar-refractivity contribution in [3.05, 3.63) is 63.7 Å². The molecule has 158 valence electrons. The van der Waals surface area contributed by atoms with E-state index in [2.05, 4.69) is 10.6 Å². The van der Waals surface area contributed by atoms with Gasteiger partial charge in [0.2, 0.25) is 0 Å². The molecule has 0 aromatic heterocycles. The molecule has 0 aliphatic carbocycles. The maximum atomic E-state index is 12.3. The molecule has 0 saturated heterocycles. The maximum Gasteiger partial charge on any atom is 0.340 e. The van der Waals surface area contributed by atoms with Crippen molar-refractivity contribution in [1.82, 2.24) is 5.32 Å². The van der Waals surface area contributed by atoms with Gasteiger partial charge in [0.15, 0.2) is 6.61 Å². The Kier molecular flexibility index (Phi) is 7.45. The van der Waals surface area contributed by atoms with Crippen LogP contribution in [-0.2, 0) is 9.53 Å². The molecule has 2 aromatic carbocycles. The van der Waals surface area contributed by atoms with Crippen LogP contribution in [0.5, 0.6) is 0 Å². The van der Waals surface area contributed by atoms with Crippen molar-refractivity contribution in [2.24, 2.45) is 5.92 Å². The predicted molar refractivity (Wildman–Crippen MR) is 110 cm³/mol. The number of para-hydroxylation sites is 1. The Morgan fingerprint density at radius 3 is 2.47 bits per heavy atom. The summed E-state index contributed by atoms with van der Waals surface area (Å²) in [6.07, 6.45) is 0. The summed E-state index contributed by atoms with van der Waals surface area (Å²) >= 11 is 0. The van der Waals surface area contributed by atoms with E-state index < -0.39 is 23.4 Å². The van der Waals surface area contributed by atoms with Crippen LogP contribution in [-0.4, -0.2) is 35.9 Å². The zero-order chi connectivity index (χ0) is 22.3. The van der Waals surface area contributed by atoms with Gasteiger partial charge in [-0.3, -0.25) is 19.7 Å². The van der Waals surface area contributed by atoms with E-state index in [1.165, 1.54) is 0 Å². The number of ether oxygens (including phenoxy) is 1. The Hall–Kier alpha value is -3.95. The van der Waals surface area contributed by atoms with Crippen LogP contribution in [0.15, 0.2) is 42.5 Å². The van der Waals surface area contributed by atoms with Crippen molar-refractivity contribution < 1.29 is 24.0 Å². The number of anilines is 2. The molecule has 0 atom stereocenters. The van der Waals surface area contributed by atoms with E-state index in [0.717, 1.165) is 18.2 Å². The van der Waals surface area contributed by atoms with Gasteiger partial charge in [0.05, 0.1) is 27.4 Å². The summed E-state index contributed by atoms with van der Waals surface area (Å²) in [5.41, 5.74) is 5.69. The molecule has 0 heterocycles. The van der Waals surface area contributed by atoms with Crippen LogP contribution in [0.1, 0.15) is 34.6 Å².